The second-order valence-corrected chi connectivity index (χ2v) is 6.39. The van der Waals surface area contributed by atoms with Crippen LogP contribution in [0.2, 0.25) is 0 Å². The van der Waals surface area contributed by atoms with Crippen molar-refractivity contribution < 1.29 is 0 Å². The third-order valence-electron chi connectivity index (χ3n) is 4.55. The lowest BCUT2D eigenvalue weighted by Gasteiger charge is -2.33. The summed E-state index contributed by atoms with van der Waals surface area (Å²) in [7, 11) is 0. The number of hydrogen-bond acceptors (Lipinski definition) is 4. The quantitative estimate of drug-likeness (QED) is 0.923. The molecule has 0 amide bonds. The average Bonchev–Trinajstić information content (AvgIpc) is 3.30. The highest BCUT2D eigenvalue weighted by molar-refractivity contribution is 5.63. The van der Waals surface area contributed by atoms with E-state index in [1.165, 1.54) is 32.1 Å². The first-order chi connectivity index (χ1) is 10.2. The van der Waals surface area contributed by atoms with Gasteiger partial charge < -0.3 is 10.2 Å². The van der Waals surface area contributed by atoms with Gasteiger partial charge in [-0.1, -0.05) is 6.42 Å². The van der Waals surface area contributed by atoms with Gasteiger partial charge in [0.05, 0.1) is 16.9 Å². The van der Waals surface area contributed by atoms with Gasteiger partial charge in [-0.2, -0.15) is 5.26 Å². The summed E-state index contributed by atoms with van der Waals surface area (Å²) in [5, 5.41) is 13.1. The predicted octanol–water partition coefficient (Wildman–Crippen LogP) is 2.68. The topological polar surface area (TPSA) is 52.0 Å². The second-order valence-electron chi connectivity index (χ2n) is 6.39. The summed E-state index contributed by atoms with van der Waals surface area (Å²) in [6.07, 6.45) is 6.34. The number of pyridine rings is 1. The summed E-state index contributed by atoms with van der Waals surface area (Å²) in [5.74, 6) is 0. The molecule has 1 aliphatic carbocycles. The molecule has 0 radical (unpaired) electrons. The summed E-state index contributed by atoms with van der Waals surface area (Å²) in [4.78, 5) is 6.91. The van der Waals surface area contributed by atoms with Crippen LogP contribution >= 0.6 is 0 Å². The average molecular weight is 284 g/mol. The summed E-state index contributed by atoms with van der Waals surface area (Å²) in [6, 6.07) is 5.63. The zero-order valence-corrected chi connectivity index (χ0v) is 13.0. The molecule has 1 atom stereocenters. The fourth-order valence-electron chi connectivity index (χ4n) is 3.32. The Bertz CT molecular complexity index is 551. The Morgan fingerprint density at radius 3 is 2.76 bits per heavy atom. The molecule has 3 rings (SSSR count). The lowest BCUT2D eigenvalue weighted by molar-refractivity contribution is 0.398. The Kier molecular flexibility index (Phi) is 4.12. The number of nitrogens with zero attached hydrogens (tertiary/aromatic N) is 3. The molecule has 112 valence electrons. The molecule has 0 bridgehead atoms. The van der Waals surface area contributed by atoms with Gasteiger partial charge in [0.1, 0.15) is 6.07 Å². The van der Waals surface area contributed by atoms with E-state index in [9.17, 15) is 5.26 Å². The molecular formula is C17H24N4. The van der Waals surface area contributed by atoms with Crippen molar-refractivity contribution in [1.82, 2.24) is 10.3 Å². The van der Waals surface area contributed by atoms with Crippen molar-refractivity contribution in [1.29, 1.82) is 5.26 Å². The Morgan fingerprint density at radius 1 is 1.33 bits per heavy atom. The van der Waals surface area contributed by atoms with E-state index in [0.29, 0.717) is 12.1 Å². The van der Waals surface area contributed by atoms with Crippen molar-refractivity contribution in [2.75, 3.05) is 18.0 Å². The molecule has 4 nitrogen and oxygen atoms in total. The molecule has 1 saturated carbocycles. The molecule has 1 saturated heterocycles. The SMILES string of the molecule is Cc1cc(N(CC2CCCCN2)C2CC2)c(C#N)c(C)n1. The highest BCUT2D eigenvalue weighted by Crippen LogP contribution is 2.35. The normalized spacial score (nSPS) is 21.9. The molecular weight excluding hydrogens is 260 g/mol. The molecule has 2 fully saturated rings. The molecule has 2 heterocycles. The highest BCUT2D eigenvalue weighted by atomic mass is 15.2. The van der Waals surface area contributed by atoms with Gasteiger partial charge in [-0.25, -0.2) is 0 Å². The van der Waals surface area contributed by atoms with Crippen molar-refractivity contribution in [2.45, 2.75) is 58.0 Å². The van der Waals surface area contributed by atoms with Crippen LogP contribution in [-0.2, 0) is 0 Å². The van der Waals surface area contributed by atoms with Crippen molar-refractivity contribution in [3.05, 3.63) is 23.0 Å². The number of anilines is 1. The Balaban J connectivity index is 1.88. The van der Waals surface area contributed by atoms with Gasteiger partial charge in [0, 0.05) is 24.3 Å². The molecule has 1 aromatic heterocycles. The maximum Gasteiger partial charge on any atom is 0.103 e. The van der Waals surface area contributed by atoms with Crippen LogP contribution in [0.3, 0.4) is 0 Å². The minimum atomic E-state index is 0.555. The third kappa shape index (κ3) is 3.19. The number of piperidine rings is 1. The van der Waals surface area contributed by atoms with Crippen molar-refractivity contribution in [3.63, 3.8) is 0 Å². The van der Waals surface area contributed by atoms with Crippen molar-refractivity contribution in [3.8, 4) is 6.07 Å². The van der Waals surface area contributed by atoms with Gasteiger partial charge in [0.15, 0.2) is 0 Å². The third-order valence-corrected chi connectivity index (χ3v) is 4.55. The van der Waals surface area contributed by atoms with E-state index >= 15 is 0 Å². The van der Waals surface area contributed by atoms with Crippen LogP contribution in [0.15, 0.2) is 6.07 Å². The summed E-state index contributed by atoms with van der Waals surface area (Å²) in [5.41, 5.74) is 3.71. The second kappa shape index (κ2) is 6.03. The number of nitriles is 1. The van der Waals surface area contributed by atoms with Crippen LogP contribution in [0.5, 0.6) is 0 Å². The van der Waals surface area contributed by atoms with Crippen LogP contribution in [0.4, 0.5) is 5.69 Å². The fourth-order valence-corrected chi connectivity index (χ4v) is 3.32. The standard InChI is InChI=1S/C17H24N4/c1-12-9-17(16(10-18)13(2)20-12)21(15-6-7-15)11-14-5-3-4-8-19-14/h9,14-15,19H,3-8,11H2,1-2H3. The number of aryl methyl sites for hydroxylation is 2. The molecule has 0 spiro atoms. The minimum absolute atomic E-state index is 0.555. The van der Waals surface area contributed by atoms with E-state index in [-0.39, 0.29) is 0 Å². The molecule has 0 aromatic carbocycles. The summed E-state index contributed by atoms with van der Waals surface area (Å²) >= 11 is 0. The van der Waals surface area contributed by atoms with E-state index in [1.807, 2.05) is 13.8 Å². The molecule has 21 heavy (non-hydrogen) atoms. The summed E-state index contributed by atoms with van der Waals surface area (Å²) < 4.78 is 0. The van der Waals surface area contributed by atoms with E-state index in [4.69, 9.17) is 0 Å². The number of rotatable bonds is 4. The minimum Gasteiger partial charge on any atom is -0.366 e. The monoisotopic (exact) mass is 284 g/mol. The molecule has 1 unspecified atom stereocenters. The maximum absolute atomic E-state index is 9.51. The number of aromatic nitrogens is 1. The van der Waals surface area contributed by atoms with E-state index < -0.39 is 0 Å². The number of hydrogen-bond donors (Lipinski definition) is 1. The van der Waals surface area contributed by atoms with E-state index in [2.05, 4.69) is 27.3 Å². The molecule has 4 heteroatoms. The van der Waals surface area contributed by atoms with Gasteiger partial charge in [-0.05, 0) is 52.1 Å². The largest absolute Gasteiger partial charge is 0.366 e. The highest BCUT2D eigenvalue weighted by Gasteiger charge is 2.33. The van der Waals surface area contributed by atoms with Crippen LogP contribution in [-0.4, -0.2) is 30.2 Å². The first-order valence-corrected chi connectivity index (χ1v) is 8.07. The van der Waals surface area contributed by atoms with Crippen molar-refractivity contribution in [2.24, 2.45) is 0 Å². The van der Waals surface area contributed by atoms with Gasteiger partial charge in [0.25, 0.3) is 0 Å². The lowest BCUT2D eigenvalue weighted by atomic mass is 10.0. The van der Waals surface area contributed by atoms with Gasteiger partial charge >= 0.3 is 0 Å². The molecule has 1 N–H and O–H groups in total. The van der Waals surface area contributed by atoms with E-state index in [1.54, 1.807) is 0 Å². The zero-order valence-electron chi connectivity index (χ0n) is 13.0. The van der Waals surface area contributed by atoms with Crippen LogP contribution < -0.4 is 10.2 Å². The van der Waals surface area contributed by atoms with Gasteiger partial charge in [0.2, 0.25) is 0 Å². The maximum atomic E-state index is 9.51. The van der Waals surface area contributed by atoms with Gasteiger partial charge in [-0.3, -0.25) is 4.98 Å². The first kappa shape index (κ1) is 14.3. The molecule has 1 aliphatic heterocycles. The van der Waals surface area contributed by atoms with Crippen LogP contribution in [0.1, 0.15) is 49.1 Å². The van der Waals surface area contributed by atoms with Crippen LogP contribution in [0.25, 0.3) is 0 Å². The summed E-state index contributed by atoms with van der Waals surface area (Å²) in [6.45, 7) is 6.10. The predicted molar refractivity (Wildman–Crippen MR) is 84.4 cm³/mol. The first-order valence-electron chi connectivity index (χ1n) is 8.07. The molecule has 2 aliphatic rings. The Morgan fingerprint density at radius 2 is 2.14 bits per heavy atom. The Labute approximate surface area is 127 Å². The smallest absolute Gasteiger partial charge is 0.103 e. The van der Waals surface area contributed by atoms with Gasteiger partial charge in [-0.15, -0.1) is 0 Å². The molecule has 1 aromatic rings. The lowest BCUT2D eigenvalue weighted by Crippen LogP contribution is -2.44. The van der Waals surface area contributed by atoms with Crippen molar-refractivity contribution >= 4 is 5.69 Å². The van der Waals surface area contributed by atoms with E-state index in [0.717, 1.165) is 35.7 Å². The zero-order chi connectivity index (χ0) is 14.8. The van der Waals surface area contributed by atoms with Crippen LogP contribution in [0, 0.1) is 25.2 Å². The Hall–Kier alpha value is -1.60. The fraction of sp³-hybridized carbons (Fsp3) is 0.647. The number of nitrogens with one attached hydrogen (secondary N) is 1.